The minimum Gasteiger partial charge on any atom is -0.345 e. The lowest BCUT2D eigenvalue weighted by Gasteiger charge is -2.14. The molecule has 0 aliphatic carbocycles. The van der Waals surface area contributed by atoms with Gasteiger partial charge in [-0.2, -0.15) is 5.10 Å². The summed E-state index contributed by atoms with van der Waals surface area (Å²) in [5.41, 5.74) is 2.98. The number of amides is 1. The zero-order valence-electron chi connectivity index (χ0n) is 12.8. The fourth-order valence-electron chi connectivity index (χ4n) is 2.47. The molecule has 4 nitrogen and oxygen atoms in total. The zero-order valence-corrected chi connectivity index (χ0v) is 14.4. The molecule has 0 bridgehead atoms. The number of halogens is 1. The molecule has 0 saturated heterocycles. The third-order valence-corrected chi connectivity index (χ3v) is 5.03. The van der Waals surface area contributed by atoms with Gasteiger partial charge in [0, 0.05) is 11.3 Å². The van der Waals surface area contributed by atoms with Crippen molar-refractivity contribution in [2.45, 2.75) is 19.9 Å². The highest BCUT2D eigenvalue weighted by atomic mass is 35.5. The molecule has 1 aromatic carbocycles. The molecule has 0 aliphatic heterocycles. The van der Waals surface area contributed by atoms with Crippen molar-refractivity contribution < 1.29 is 4.79 Å². The molecule has 0 radical (unpaired) electrons. The average molecular weight is 346 g/mol. The predicted molar refractivity (Wildman–Crippen MR) is 93.5 cm³/mol. The van der Waals surface area contributed by atoms with Crippen LogP contribution in [-0.4, -0.2) is 15.7 Å². The van der Waals surface area contributed by atoms with Crippen LogP contribution in [0.5, 0.6) is 0 Å². The predicted octanol–water partition coefficient (Wildman–Crippen LogP) is 4.39. The van der Waals surface area contributed by atoms with Gasteiger partial charge in [0.25, 0.3) is 5.91 Å². The number of hydrogen-bond acceptors (Lipinski definition) is 3. The van der Waals surface area contributed by atoms with E-state index in [4.69, 9.17) is 11.6 Å². The number of hydrogen-bond donors (Lipinski definition) is 1. The molecular weight excluding hydrogens is 330 g/mol. The molecule has 6 heteroatoms. The normalized spacial score (nSPS) is 12.1. The molecule has 3 aromatic rings. The second-order valence-electron chi connectivity index (χ2n) is 5.23. The number of aromatic nitrogens is 2. The summed E-state index contributed by atoms with van der Waals surface area (Å²) < 4.78 is 1.87. The van der Waals surface area contributed by atoms with Crippen molar-refractivity contribution in [2.75, 3.05) is 0 Å². The van der Waals surface area contributed by atoms with Crippen molar-refractivity contribution in [3.63, 3.8) is 0 Å². The fraction of sp³-hybridized carbons (Fsp3) is 0.176. The van der Waals surface area contributed by atoms with Crippen molar-refractivity contribution in [1.82, 2.24) is 15.1 Å². The Morgan fingerprint density at radius 3 is 2.70 bits per heavy atom. The third kappa shape index (κ3) is 3.16. The summed E-state index contributed by atoms with van der Waals surface area (Å²) >= 11 is 7.35. The first-order chi connectivity index (χ1) is 11.1. The van der Waals surface area contributed by atoms with Gasteiger partial charge in [0.15, 0.2) is 0 Å². The number of rotatable bonds is 4. The third-order valence-electron chi connectivity index (χ3n) is 3.69. The minimum atomic E-state index is -0.163. The fourth-order valence-corrected chi connectivity index (χ4v) is 3.52. The molecule has 0 fully saturated rings. The maximum absolute atomic E-state index is 12.3. The van der Waals surface area contributed by atoms with Gasteiger partial charge in [-0.1, -0.05) is 29.8 Å². The standard InChI is InChI=1S/C17H16ClN3OS/c1-11(20-17(22)16-15(18)8-9-23-16)14-10-19-21(12(14)2)13-6-4-3-5-7-13/h3-11H,1-2H3,(H,20,22)/t11-/m0/s1. The van der Waals surface area contributed by atoms with E-state index in [1.54, 1.807) is 17.6 Å². The lowest BCUT2D eigenvalue weighted by Crippen LogP contribution is -2.26. The van der Waals surface area contributed by atoms with Gasteiger partial charge in [0.05, 0.1) is 22.9 Å². The number of nitrogens with one attached hydrogen (secondary N) is 1. The van der Waals surface area contributed by atoms with Crippen LogP contribution in [0.2, 0.25) is 5.02 Å². The largest absolute Gasteiger partial charge is 0.345 e. The van der Waals surface area contributed by atoms with E-state index in [9.17, 15) is 4.79 Å². The number of carbonyl (C=O) groups excluding carboxylic acids is 1. The molecule has 1 atom stereocenters. The van der Waals surface area contributed by atoms with Crippen LogP contribution in [0, 0.1) is 6.92 Å². The molecule has 23 heavy (non-hydrogen) atoms. The number of carbonyl (C=O) groups is 1. The SMILES string of the molecule is Cc1c([C@H](C)NC(=O)c2sccc2Cl)cnn1-c1ccccc1. The summed E-state index contributed by atoms with van der Waals surface area (Å²) in [6.45, 7) is 3.94. The number of benzene rings is 1. The molecule has 0 unspecified atom stereocenters. The quantitative estimate of drug-likeness (QED) is 0.762. The summed E-state index contributed by atoms with van der Waals surface area (Å²) in [7, 11) is 0. The van der Waals surface area contributed by atoms with Crippen molar-refractivity contribution in [2.24, 2.45) is 0 Å². The lowest BCUT2D eigenvalue weighted by molar-refractivity contribution is 0.0944. The van der Waals surface area contributed by atoms with Crippen LogP contribution in [0.25, 0.3) is 5.69 Å². The van der Waals surface area contributed by atoms with E-state index < -0.39 is 0 Å². The molecule has 0 aliphatic rings. The lowest BCUT2D eigenvalue weighted by atomic mass is 10.1. The van der Waals surface area contributed by atoms with Gasteiger partial charge in [-0.25, -0.2) is 4.68 Å². The van der Waals surface area contributed by atoms with Crippen molar-refractivity contribution in [3.8, 4) is 5.69 Å². The molecule has 1 amide bonds. The Morgan fingerprint density at radius 2 is 2.04 bits per heavy atom. The second kappa shape index (κ2) is 6.56. The van der Waals surface area contributed by atoms with Crippen LogP contribution < -0.4 is 5.32 Å². The van der Waals surface area contributed by atoms with Crippen LogP contribution in [0.4, 0.5) is 0 Å². The van der Waals surface area contributed by atoms with Gasteiger partial charge in [0.2, 0.25) is 0 Å². The van der Waals surface area contributed by atoms with Gasteiger partial charge < -0.3 is 5.32 Å². The Morgan fingerprint density at radius 1 is 1.30 bits per heavy atom. The maximum Gasteiger partial charge on any atom is 0.263 e. The minimum absolute atomic E-state index is 0.155. The van der Waals surface area contributed by atoms with Crippen molar-refractivity contribution in [3.05, 3.63) is 69.1 Å². The van der Waals surface area contributed by atoms with Crippen LogP contribution in [0.15, 0.2) is 48.0 Å². The van der Waals surface area contributed by atoms with Crippen LogP contribution >= 0.6 is 22.9 Å². The van der Waals surface area contributed by atoms with Crippen LogP contribution in [-0.2, 0) is 0 Å². The van der Waals surface area contributed by atoms with Gasteiger partial charge in [-0.3, -0.25) is 4.79 Å². The number of nitrogens with zero attached hydrogens (tertiary/aromatic N) is 2. The van der Waals surface area contributed by atoms with E-state index in [0.717, 1.165) is 16.9 Å². The summed E-state index contributed by atoms with van der Waals surface area (Å²) in [5, 5.41) is 9.70. The highest BCUT2D eigenvalue weighted by molar-refractivity contribution is 7.12. The van der Waals surface area contributed by atoms with Gasteiger partial charge in [-0.05, 0) is 37.4 Å². The number of para-hydroxylation sites is 1. The van der Waals surface area contributed by atoms with Crippen molar-refractivity contribution >= 4 is 28.8 Å². The molecular formula is C17H16ClN3OS. The Labute approximate surface area is 143 Å². The van der Waals surface area contributed by atoms with E-state index in [1.807, 2.05) is 48.9 Å². The summed E-state index contributed by atoms with van der Waals surface area (Å²) in [4.78, 5) is 12.8. The average Bonchev–Trinajstić information content (AvgIpc) is 3.14. The first kappa shape index (κ1) is 15.8. The molecule has 0 spiro atoms. The van der Waals surface area contributed by atoms with Crippen molar-refractivity contribution in [1.29, 1.82) is 0 Å². The highest BCUT2D eigenvalue weighted by Gasteiger charge is 2.19. The van der Waals surface area contributed by atoms with Crippen LogP contribution in [0.1, 0.15) is 33.9 Å². The van der Waals surface area contributed by atoms with Gasteiger partial charge in [0.1, 0.15) is 4.88 Å². The Hall–Kier alpha value is -2.11. The molecule has 2 heterocycles. The Bertz CT molecular complexity index is 825. The molecule has 3 rings (SSSR count). The summed E-state index contributed by atoms with van der Waals surface area (Å²) in [6, 6.07) is 11.5. The Balaban J connectivity index is 1.81. The zero-order chi connectivity index (χ0) is 16.4. The number of thiophene rings is 1. The van der Waals surface area contributed by atoms with E-state index >= 15 is 0 Å². The van der Waals surface area contributed by atoms with E-state index in [0.29, 0.717) is 9.90 Å². The smallest absolute Gasteiger partial charge is 0.263 e. The topological polar surface area (TPSA) is 46.9 Å². The molecule has 118 valence electrons. The van der Waals surface area contributed by atoms with E-state index in [2.05, 4.69) is 10.4 Å². The first-order valence-electron chi connectivity index (χ1n) is 7.21. The van der Waals surface area contributed by atoms with Gasteiger partial charge in [-0.15, -0.1) is 11.3 Å². The summed E-state index contributed by atoms with van der Waals surface area (Å²) in [6.07, 6.45) is 1.79. The van der Waals surface area contributed by atoms with Gasteiger partial charge >= 0.3 is 0 Å². The van der Waals surface area contributed by atoms with E-state index in [-0.39, 0.29) is 11.9 Å². The first-order valence-corrected chi connectivity index (χ1v) is 8.47. The maximum atomic E-state index is 12.3. The van der Waals surface area contributed by atoms with Crippen LogP contribution in [0.3, 0.4) is 0 Å². The highest BCUT2D eigenvalue weighted by Crippen LogP contribution is 2.24. The summed E-state index contributed by atoms with van der Waals surface area (Å²) in [5.74, 6) is -0.163. The monoisotopic (exact) mass is 345 g/mol. The Kier molecular flexibility index (Phi) is 4.50. The molecule has 2 aromatic heterocycles. The molecule has 0 saturated carbocycles. The second-order valence-corrected chi connectivity index (χ2v) is 6.55. The molecule has 1 N–H and O–H groups in total. The van der Waals surface area contributed by atoms with E-state index in [1.165, 1.54) is 11.3 Å².